The maximum absolute atomic E-state index is 12.2. The summed E-state index contributed by atoms with van der Waals surface area (Å²) in [4.78, 5) is 26.1. The average Bonchev–Trinajstić information content (AvgIpc) is 2.44. The Morgan fingerprint density at radius 2 is 1.70 bits per heavy atom. The van der Waals surface area contributed by atoms with Gasteiger partial charge in [0.25, 0.3) is 5.97 Å². The maximum Gasteiger partial charge on any atom is 0.300 e. The zero-order valence-electron chi connectivity index (χ0n) is 12.4. The van der Waals surface area contributed by atoms with Crippen molar-refractivity contribution in [2.45, 2.75) is 45.1 Å². The minimum absolute atomic E-state index is 0.241. The van der Waals surface area contributed by atoms with E-state index in [-0.39, 0.29) is 6.04 Å². The summed E-state index contributed by atoms with van der Waals surface area (Å²) in [6.07, 6.45) is 6.26. The highest BCUT2D eigenvalue weighted by atomic mass is 16.4. The minimum Gasteiger partial charge on any atom is -0.481 e. The Bertz CT molecular complexity index is 341. The monoisotopic (exact) mass is 282 g/mol. The van der Waals surface area contributed by atoms with E-state index in [9.17, 15) is 4.79 Å². The van der Waals surface area contributed by atoms with Crippen molar-refractivity contribution in [3.63, 3.8) is 0 Å². The first kappa shape index (κ1) is 15.4. The second-order valence-electron chi connectivity index (χ2n) is 6.11. The summed E-state index contributed by atoms with van der Waals surface area (Å²) in [5.74, 6) is 0.114. The van der Waals surface area contributed by atoms with Crippen LogP contribution in [0, 0.1) is 5.92 Å². The second-order valence-corrected chi connectivity index (χ2v) is 6.11. The van der Waals surface area contributed by atoms with Crippen LogP contribution in [0.3, 0.4) is 0 Å². The van der Waals surface area contributed by atoms with Gasteiger partial charge in [0.05, 0.1) is 6.04 Å². The number of piperidine rings is 4. The van der Waals surface area contributed by atoms with E-state index in [1.165, 1.54) is 32.4 Å². The van der Waals surface area contributed by atoms with Crippen molar-refractivity contribution in [1.29, 1.82) is 0 Å². The molecule has 1 unspecified atom stereocenters. The normalized spacial score (nSPS) is 33.5. The lowest BCUT2D eigenvalue weighted by molar-refractivity contribution is -0.138. The Labute approximate surface area is 120 Å². The number of hydrogen-bond acceptors (Lipinski definition) is 4. The third-order valence-corrected chi connectivity index (χ3v) is 4.58. The molecular weight excluding hydrogens is 256 g/mol. The van der Waals surface area contributed by atoms with Crippen LogP contribution in [-0.2, 0) is 9.59 Å². The fourth-order valence-electron chi connectivity index (χ4n) is 3.54. The fraction of sp³-hybridized carbons (Fsp3) is 0.867. The molecule has 0 amide bonds. The molecule has 4 saturated heterocycles. The fourth-order valence-corrected chi connectivity index (χ4v) is 3.54. The number of fused-ring (bicyclic) bond motifs is 3. The van der Waals surface area contributed by atoms with Gasteiger partial charge in [-0.05, 0) is 51.9 Å². The van der Waals surface area contributed by atoms with Gasteiger partial charge in [-0.15, -0.1) is 0 Å². The zero-order valence-corrected chi connectivity index (χ0v) is 12.4. The largest absolute Gasteiger partial charge is 0.481 e. The van der Waals surface area contributed by atoms with Gasteiger partial charge < -0.3 is 10.0 Å². The summed E-state index contributed by atoms with van der Waals surface area (Å²) < 4.78 is 0. The van der Waals surface area contributed by atoms with Crippen molar-refractivity contribution >= 4 is 11.8 Å². The first-order valence-electron chi connectivity index (χ1n) is 7.77. The Kier molecular flexibility index (Phi) is 5.54. The molecule has 0 saturated carbocycles. The lowest BCUT2D eigenvalue weighted by atomic mass is 9.82. The molecule has 1 N–H and O–H groups in total. The molecule has 4 rings (SSSR count). The van der Waals surface area contributed by atoms with Gasteiger partial charge in [-0.1, -0.05) is 6.42 Å². The Morgan fingerprint density at radius 3 is 2.20 bits per heavy atom. The van der Waals surface area contributed by atoms with Crippen molar-refractivity contribution in [2.24, 2.45) is 5.92 Å². The van der Waals surface area contributed by atoms with E-state index in [1.54, 1.807) is 0 Å². The molecule has 20 heavy (non-hydrogen) atoms. The van der Waals surface area contributed by atoms with Gasteiger partial charge in [0.15, 0.2) is 5.78 Å². The predicted molar refractivity (Wildman–Crippen MR) is 76.7 cm³/mol. The predicted octanol–water partition coefficient (Wildman–Crippen LogP) is 1.23. The summed E-state index contributed by atoms with van der Waals surface area (Å²) in [5, 5.41) is 7.42. The number of carboxylic acids is 1. The molecule has 4 aliphatic heterocycles. The SMILES string of the molecule is CC(=O)O.O=C1C2CCN(CC2)C1CN1CCCCC1. The van der Waals surface area contributed by atoms with Crippen LogP contribution in [0.25, 0.3) is 0 Å². The summed E-state index contributed by atoms with van der Waals surface area (Å²) in [5.41, 5.74) is 0. The summed E-state index contributed by atoms with van der Waals surface area (Å²) in [7, 11) is 0. The first-order chi connectivity index (χ1) is 9.58. The molecule has 1 atom stereocenters. The van der Waals surface area contributed by atoms with Gasteiger partial charge in [0.1, 0.15) is 0 Å². The molecule has 0 aromatic rings. The van der Waals surface area contributed by atoms with Gasteiger partial charge in [-0.2, -0.15) is 0 Å². The van der Waals surface area contributed by atoms with Crippen molar-refractivity contribution in [2.75, 3.05) is 32.7 Å². The van der Waals surface area contributed by atoms with E-state index in [0.717, 1.165) is 39.4 Å². The molecule has 2 bridgehead atoms. The van der Waals surface area contributed by atoms with E-state index < -0.39 is 5.97 Å². The number of aliphatic carboxylic acids is 1. The number of carbonyl (C=O) groups is 2. The Balaban J connectivity index is 0.000000328. The third-order valence-electron chi connectivity index (χ3n) is 4.58. The molecule has 4 fully saturated rings. The van der Waals surface area contributed by atoms with Crippen molar-refractivity contribution in [1.82, 2.24) is 9.80 Å². The van der Waals surface area contributed by atoms with E-state index in [1.807, 2.05) is 0 Å². The van der Waals surface area contributed by atoms with Crippen molar-refractivity contribution in [3.05, 3.63) is 0 Å². The lowest BCUT2D eigenvalue weighted by Crippen LogP contribution is -2.59. The molecule has 114 valence electrons. The van der Waals surface area contributed by atoms with Gasteiger partial charge in [-0.3, -0.25) is 14.5 Å². The maximum atomic E-state index is 12.2. The number of likely N-dealkylation sites (tertiary alicyclic amines) is 1. The summed E-state index contributed by atoms with van der Waals surface area (Å²) in [6.45, 7) is 6.84. The number of nitrogens with zero attached hydrogens (tertiary/aromatic N) is 2. The number of carboxylic acid groups (broad SMARTS) is 1. The molecule has 5 heteroatoms. The van der Waals surface area contributed by atoms with E-state index in [4.69, 9.17) is 9.90 Å². The average molecular weight is 282 g/mol. The highest BCUT2D eigenvalue weighted by molar-refractivity contribution is 5.88. The van der Waals surface area contributed by atoms with Crippen LogP contribution in [-0.4, -0.2) is 65.4 Å². The van der Waals surface area contributed by atoms with Crippen LogP contribution in [0.2, 0.25) is 0 Å². The molecule has 0 aliphatic carbocycles. The van der Waals surface area contributed by atoms with Crippen molar-refractivity contribution in [3.8, 4) is 0 Å². The van der Waals surface area contributed by atoms with Crippen LogP contribution in [0.4, 0.5) is 0 Å². The zero-order chi connectivity index (χ0) is 14.5. The molecule has 0 spiro atoms. The van der Waals surface area contributed by atoms with Gasteiger partial charge in [0.2, 0.25) is 0 Å². The third kappa shape index (κ3) is 4.03. The van der Waals surface area contributed by atoms with Gasteiger partial charge in [-0.25, -0.2) is 0 Å². The van der Waals surface area contributed by atoms with E-state index in [0.29, 0.717) is 11.7 Å². The Hall–Kier alpha value is -0.940. The van der Waals surface area contributed by atoms with Gasteiger partial charge >= 0.3 is 0 Å². The van der Waals surface area contributed by atoms with Crippen LogP contribution >= 0.6 is 0 Å². The minimum atomic E-state index is -0.833. The topological polar surface area (TPSA) is 60.9 Å². The number of carbonyl (C=O) groups excluding carboxylic acids is 1. The van der Waals surface area contributed by atoms with E-state index >= 15 is 0 Å². The van der Waals surface area contributed by atoms with Crippen molar-refractivity contribution < 1.29 is 14.7 Å². The van der Waals surface area contributed by atoms with Crippen LogP contribution in [0.15, 0.2) is 0 Å². The highest BCUT2D eigenvalue weighted by Crippen LogP contribution is 2.29. The number of hydrogen-bond donors (Lipinski definition) is 1. The van der Waals surface area contributed by atoms with Crippen LogP contribution in [0.1, 0.15) is 39.0 Å². The van der Waals surface area contributed by atoms with Crippen LogP contribution in [0.5, 0.6) is 0 Å². The number of ketones is 1. The molecule has 0 aromatic heterocycles. The smallest absolute Gasteiger partial charge is 0.300 e. The summed E-state index contributed by atoms with van der Waals surface area (Å²) >= 11 is 0. The quantitative estimate of drug-likeness (QED) is 0.825. The number of Topliss-reactive ketones (excluding diaryl/α,β-unsaturated/α-hetero) is 1. The molecule has 5 nitrogen and oxygen atoms in total. The molecule has 4 heterocycles. The molecular formula is C15H26N2O3. The molecule has 0 radical (unpaired) electrons. The molecule has 0 aromatic carbocycles. The Morgan fingerprint density at radius 1 is 1.15 bits per heavy atom. The van der Waals surface area contributed by atoms with Crippen LogP contribution < -0.4 is 0 Å². The molecule has 4 aliphatic rings. The van der Waals surface area contributed by atoms with E-state index in [2.05, 4.69) is 9.80 Å². The highest BCUT2D eigenvalue weighted by Gasteiger charge is 2.41. The summed E-state index contributed by atoms with van der Waals surface area (Å²) in [6, 6.07) is 0.241. The second kappa shape index (κ2) is 7.18. The first-order valence-corrected chi connectivity index (χ1v) is 7.77. The standard InChI is InChI=1S/C13H22N2O.C2H4O2/c16-13-11-4-8-15(9-5-11)12(13)10-14-6-2-1-3-7-14;1-2(3)4/h11-12H,1-10H2;1H3,(H,3,4). The van der Waals surface area contributed by atoms with Gasteiger partial charge in [0, 0.05) is 19.4 Å². The number of rotatable bonds is 2. The lowest BCUT2D eigenvalue weighted by Gasteiger charge is -2.46.